The number of phenols is 1. The lowest BCUT2D eigenvalue weighted by molar-refractivity contribution is -0.108. The van der Waals surface area contributed by atoms with Gasteiger partial charge < -0.3 is 9.90 Å². The van der Waals surface area contributed by atoms with E-state index >= 15 is 0 Å². The molecule has 0 amide bonds. The second kappa shape index (κ2) is 7.69. The number of carbonyl (C=O) groups is 1. The number of para-hydroxylation sites is 2. The molecule has 3 aromatic carbocycles. The smallest absolute Gasteiger partial charge is 0.302 e. The van der Waals surface area contributed by atoms with Gasteiger partial charge in [-0.15, -0.1) is 0 Å². The lowest BCUT2D eigenvalue weighted by Gasteiger charge is -2.16. The minimum Gasteiger partial charge on any atom is -0.506 e. The van der Waals surface area contributed by atoms with Gasteiger partial charge in [0.2, 0.25) is 0 Å². The topological polar surface area (TPSA) is 86.7 Å². The highest BCUT2D eigenvalue weighted by molar-refractivity contribution is 7.91. The third-order valence-corrected chi connectivity index (χ3v) is 6.36. The van der Waals surface area contributed by atoms with Crippen LogP contribution >= 0.6 is 0 Å². The number of rotatable bonds is 3. The molecule has 6 nitrogen and oxygen atoms in total. The highest BCUT2D eigenvalue weighted by atomic mass is 32.2. The number of anilines is 1. The van der Waals surface area contributed by atoms with Crippen molar-refractivity contribution < 1.29 is 18.3 Å². The fraction of sp³-hybridized carbons (Fsp3) is 0.136. The average molecular weight is 408 g/mol. The minimum atomic E-state index is -3.73. The molecule has 0 radical (unpaired) electrons. The quantitative estimate of drug-likeness (QED) is 0.511. The first kappa shape index (κ1) is 19.2. The minimum absolute atomic E-state index is 0.0105. The summed E-state index contributed by atoms with van der Waals surface area (Å²) < 4.78 is 26.4. The largest absolute Gasteiger partial charge is 0.506 e. The van der Waals surface area contributed by atoms with Crippen LogP contribution in [-0.4, -0.2) is 32.4 Å². The molecule has 1 atom stereocenters. The van der Waals surface area contributed by atoms with Gasteiger partial charge in [-0.25, -0.2) is 0 Å². The Balaban J connectivity index is 0.000000144. The van der Waals surface area contributed by atoms with Crippen molar-refractivity contribution in [3.8, 4) is 16.9 Å². The molecule has 1 aliphatic carbocycles. The van der Waals surface area contributed by atoms with Gasteiger partial charge in [0.05, 0.1) is 18.3 Å². The maximum absolute atomic E-state index is 11.6. The number of hydrogen-bond donors (Lipinski definition) is 2. The van der Waals surface area contributed by atoms with Crippen molar-refractivity contribution in [2.24, 2.45) is 0 Å². The summed E-state index contributed by atoms with van der Waals surface area (Å²) in [4.78, 5) is 10.5. The van der Waals surface area contributed by atoms with Gasteiger partial charge in [-0.2, -0.15) is 13.1 Å². The molecule has 0 saturated carbocycles. The summed E-state index contributed by atoms with van der Waals surface area (Å²) in [6.45, 7) is -0.0105. The van der Waals surface area contributed by atoms with Crippen LogP contribution in [-0.2, 0) is 21.4 Å². The molecule has 1 saturated heterocycles. The Hall–Kier alpha value is -3.16. The van der Waals surface area contributed by atoms with Crippen molar-refractivity contribution in [3.63, 3.8) is 0 Å². The fourth-order valence-corrected chi connectivity index (χ4v) is 4.66. The molecule has 0 aromatic heterocycles. The predicted octanol–water partition coefficient (Wildman–Crippen LogP) is 2.87. The van der Waals surface area contributed by atoms with E-state index in [1.165, 1.54) is 40.8 Å². The normalized spacial score (nSPS) is 18.3. The molecule has 1 fully saturated rings. The lowest BCUT2D eigenvalue weighted by Crippen LogP contribution is -2.30. The van der Waals surface area contributed by atoms with Gasteiger partial charge in [-0.05, 0) is 40.8 Å². The molecular formula is C22H20N2O4S. The number of nitrogens with one attached hydrogen (secondary N) is 1. The molecule has 1 heterocycles. The molecular weight excluding hydrogens is 388 g/mol. The third kappa shape index (κ3) is 4.16. The van der Waals surface area contributed by atoms with E-state index < -0.39 is 16.3 Å². The van der Waals surface area contributed by atoms with E-state index in [1.54, 1.807) is 12.1 Å². The number of hydrogen-bond acceptors (Lipinski definition) is 4. The van der Waals surface area contributed by atoms with Crippen LogP contribution in [0.3, 0.4) is 0 Å². The van der Waals surface area contributed by atoms with Gasteiger partial charge in [0.25, 0.3) is 0 Å². The van der Waals surface area contributed by atoms with Gasteiger partial charge >= 0.3 is 10.2 Å². The van der Waals surface area contributed by atoms with E-state index in [0.717, 1.165) is 4.31 Å². The first-order valence-corrected chi connectivity index (χ1v) is 10.6. The molecule has 1 unspecified atom stereocenters. The third-order valence-electron chi connectivity index (χ3n) is 4.84. The molecule has 7 heteroatoms. The standard InChI is InChI=1S/C13H10.C9H10N2O4S/c1-2-4-10(5-3-1)11-6-7-12-9-13(12)8-11;12-6-7-5-11(16(14,15)10-7)8-3-1-2-4-9(8)13/h1-8H,9H2;1-4,6-7,10,13H,5H2. The van der Waals surface area contributed by atoms with Crippen molar-refractivity contribution in [1.82, 2.24) is 4.72 Å². The average Bonchev–Trinajstić information content (AvgIpc) is 3.45. The van der Waals surface area contributed by atoms with Crippen molar-refractivity contribution in [1.29, 1.82) is 0 Å². The van der Waals surface area contributed by atoms with Crippen LogP contribution in [0.4, 0.5) is 5.69 Å². The maximum atomic E-state index is 11.6. The molecule has 3 aromatic rings. The van der Waals surface area contributed by atoms with E-state index in [1.807, 2.05) is 0 Å². The molecule has 0 spiro atoms. The summed E-state index contributed by atoms with van der Waals surface area (Å²) in [5.74, 6) is -0.139. The zero-order valence-electron chi connectivity index (χ0n) is 15.5. The van der Waals surface area contributed by atoms with Crippen LogP contribution in [0.5, 0.6) is 5.75 Å². The summed E-state index contributed by atoms with van der Waals surface area (Å²) >= 11 is 0. The molecule has 5 rings (SSSR count). The Morgan fingerprint density at radius 3 is 2.31 bits per heavy atom. The Morgan fingerprint density at radius 2 is 1.66 bits per heavy atom. The number of nitrogens with zero attached hydrogens (tertiary/aromatic N) is 1. The first-order chi connectivity index (χ1) is 14.0. The lowest BCUT2D eigenvalue weighted by atomic mass is 10.1. The summed E-state index contributed by atoms with van der Waals surface area (Å²) in [6.07, 6.45) is 1.73. The van der Waals surface area contributed by atoms with Crippen LogP contribution in [0.15, 0.2) is 72.8 Å². The maximum Gasteiger partial charge on any atom is 0.302 e. The summed E-state index contributed by atoms with van der Waals surface area (Å²) in [5, 5.41) is 9.54. The van der Waals surface area contributed by atoms with E-state index in [-0.39, 0.29) is 18.0 Å². The number of carbonyl (C=O) groups excluding carboxylic acids is 1. The Bertz CT molecular complexity index is 1150. The monoisotopic (exact) mass is 408 g/mol. The van der Waals surface area contributed by atoms with Crippen molar-refractivity contribution in [3.05, 3.63) is 83.9 Å². The van der Waals surface area contributed by atoms with Crippen LogP contribution < -0.4 is 9.03 Å². The highest BCUT2D eigenvalue weighted by Gasteiger charge is 2.36. The molecule has 0 bridgehead atoms. The second-order valence-electron chi connectivity index (χ2n) is 6.91. The number of fused-ring (bicyclic) bond motifs is 1. The highest BCUT2D eigenvalue weighted by Crippen LogP contribution is 2.32. The van der Waals surface area contributed by atoms with Crippen molar-refractivity contribution in [2.45, 2.75) is 12.5 Å². The van der Waals surface area contributed by atoms with Crippen LogP contribution in [0, 0.1) is 0 Å². The predicted molar refractivity (Wildman–Crippen MR) is 112 cm³/mol. The number of aldehydes is 1. The van der Waals surface area contributed by atoms with Crippen LogP contribution in [0.2, 0.25) is 0 Å². The first-order valence-electron chi connectivity index (χ1n) is 9.18. The van der Waals surface area contributed by atoms with Crippen molar-refractivity contribution in [2.75, 3.05) is 10.8 Å². The fourth-order valence-electron chi connectivity index (χ4n) is 3.25. The van der Waals surface area contributed by atoms with E-state index in [4.69, 9.17) is 0 Å². The Morgan fingerprint density at radius 1 is 0.931 bits per heavy atom. The van der Waals surface area contributed by atoms with Crippen LogP contribution in [0.25, 0.3) is 11.1 Å². The van der Waals surface area contributed by atoms with Crippen molar-refractivity contribution >= 4 is 22.2 Å². The number of benzene rings is 3. The second-order valence-corrected chi connectivity index (χ2v) is 8.54. The Kier molecular flexibility index (Phi) is 5.08. The summed E-state index contributed by atoms with van der Waals surface area (Å²) in [6, 6.07) is 22.6. The number of aromatic hydroxyl groups is 1. The van der Waals surface area contributed by atoms with E-state index in [0.29, 0.717) is 6.29 Å². The zero-order chi connectivity index (χ0) is 20.4. The van der Waals surface area contributed by atoms with E-state index in [2.05, 4.69) is 53.3 Å². The number of phenolic OH excluding ortho intramolecular Hbond substituents is 1. The van der Waals surface area contributed by atoms with Gasteiger partial charge in [-0.1, -0.05) is 60.7 Å². The molecule has 1 aliphatic heterocycles. The summed E-state index contributed by atoms with van der Waals surface area (Å²) in [5.41, 5.74) is 5.86. The molecule has 148 valence electrons. The molecule has 29 heavy (non-hydrogen) atoms. The summed E-state index contributed by atoms with van der Waals surface area (Å²) in [7, 11) is -3.73. The van der Waals surface area contributed by atoms with Gasteiger partial charge in [0.1, 0.15) is 12.0 Å². The van der Waals surface area contributed by atoms with Crippen LogP contribution in [0.1, 0.15) is 11.1 Å². The zero-order valence-corrected chi connectivity index (χ0v) is 16.3. The van der Waals surface area contributed by atoms with Gasteiger partial charge in [0, 0.05) is 0 Å². The molecule has 2 aliphatic rings. The SMILES string of the molecule is O=CC1CN(c2ccccc2O)S(=O)(=O)N1.c1ccc(-c2ccc3c(c2)C3)cc1. The van der Waals surface area contributed by atoms with Gasteiger partial charge in [0.15, 0.2) is 0 Å². The Labute approximate surface area is 169 Å². The van der Waals surface area contributed by atoms with E-state index in [9.17, 15) is 18.3 Å². The molecule has 2 N–H and O–H groups in total. The van der Waals surface area contributed by atoms with Gasteiger partial charge in [-0.3, -0.25) is 4.31 Å².